The maximum Gasteiger partial charge on any atom is 0.0991 e. The molecule has 108 valence electrons. The number of hydrogen-bond donors (Lipinski definition) is 1. The Balaban J connectivity index is 2.11. The SMILES string of the molecule is CCN(Cc1cccc(N)c1)Cc1ccc(C#N)cc1C. The van der Waals surface area contributed by atoms with Crippen LogP contribution in [0.1, 0.15) is 29.2 Å². The van der Waals surface area contributed by atoms with E-state index < -0.39 is 0 Å². The van der Waals surface area contributed by atoms with Gasteiger partial charge >= 0.3 is 0 Å². The van der Waals surface area contributed by atoms with Crippen LogP contribution in [0.15, 0.2) is 42.5 Å². The summed E-state index contributed by atoms with van der Waals surface area (Å²) in [5, 5.41) is 8.93. The molecule has 2 aromatic rings. The molecular weight excluding hydrogens is 258 g/mol. The van der Waals surface area contributed by atoms with Crippen LogP contribution in [0.25, 0.3) is 0 Å². The maximum atomic E-state index is 8.93. The molecule has 0 aliphatic heterocycles. The fourth-order valence-corrected chi connectivity index (χ4v) is 2.41. The Labute approximate surface area is 126 Å². The zero-order valence-corrected chi connectivity index (χ0v) is 12.6. The predicted molar refractivity (Wildman–Crippen MR) is 86.5 cm³/mol. The molecule has 3 heteroatoms. The summed E-state index contributed by atoms with van der Waals surface area (Å²) in [4.78, 5) is 2.36. The van der Waals surface area contributed by atoms with Gasteiger partial charge in [0.1, 0.15) is 0 Å². The number of rotatable bonds is 5. The molecule has 0 saturated heterocycles. The first-order valence-electron chi connectivity index (χ1n) is 7.18. The van der Waals surface area contributed by atoms with Crippen molar-refractivity contribution in [3.63, 3.8) is 0 Å². The highest BCUT2D eigenvalue weighted by atomic mass is 15.1. The van der Waals surface area contributed by atoms with E-state index in [1.165, 1.54) is 16.7 Å². The third-order valence-corrected chi connectivity index (χ3v) is 3.67. The molecule has 2 N–H and O–H groups in total. The monoisotopic (exact) mass is 279 g/mol. The van der Waals surface area contributed by atoms with E-state index in [9.17, 15) is 0 Å². The first-order valence-corrected chi connectivity index (χ1v) is 7.18. The molecule has 0 bridgehead atoms. The minimum absolute atomic E-state index is 0.718. The second kappa shape index (κ2) is 6.92. The van der Waals surface area contributed by atoms with Crippen LogP contribution < -0.4 is 5.73 Å². The molecular formula is C18H21N3. The van der Waals surface area contributed by atoms with Gasteiger partial charge in [0.15, 0.2) is 0 Å². The molecule has 0 aliphatic rings. The first-order chi connectivity index (χ1) is 10.1. The van der Waals surface area contributed by atoms with Crippen molar-refractivity contribution in [3.8, 4) is 6.07 Å². The van der Waals surface area contributed by atoms with Crippen LogP contribution in [0.2, 0.25) is 0 Å². The molecule has 21 heavy (non-hydrogen) atoms. The Morgan fingerprint density at radius 2 is 1.95 bits per heavy atom. The average molecular weight is 279 g/mol. The Bertz CT molecular complexity index is 656. The Kier molecular flexibility index (Phi) is 4.97. The van der Waals surface area contributed by atoms with Gasteiger partial charge < -0.3 is 5.73 Å². The van der Waals surface area contributed by atoms with Crippen molar-refractivity contribution in [2.45, 2.75) is 26.9 Å². The van der Waals surface area contributed by atoms with Gasteiger partial charge in [-0.2, -0.15) is 5.26 Å². The molecule has 0 atom stereocenters. The molecule has 0 aliphatic carbocycles. The smallest absolute Gasteiger partial charge is 0.0991 e. The molecule has 0 amide bonds. The molecule has 3 nitrogen and oxygen atoms in total. The van der Waals surface area contributed by atoms with Crippen molar-refractivity contribution >= 4 is 5.69 Å². The predicted octanol–water partition coefficient (Wildman–Crippen LogP) is 3.47. The lowest BCUT2D eigenvalue weighted by Crippen LogP contribution is -2.22. The second-order valence-corrected chi connectivity index (χ2v) is 5.30. The summed E-state index contributed by atoms with van der Waals surface area (Å²) in [6.45, 7) is 6.94. The van der Waals surface area contributed by atoms with E-state index in [2.05, 4.69) is 36.9 Å². The number of nitriles is 1. The average Bonchev–Trinajstić information content (AvgIpc) is 2.48. The fourth-order valence-electron chi connectivity index (χ4n) is 2.41. The Morgan fingerprint density at radius 1 is 1.14 bits per heavy atom. The van der Waals surface area contributed by atoms with E-state index >= 15 is 0 Å². The van der Waals surface area contributed by atoms with Crippen molar-refractivity contribution in [2.75, 3.05) is 12.3 Å². The summed E-state index contributed by atoms with van der Waals surface area (Å²) < 4.78 is 0. The van der Waals surface area contributed by atoms with Gasteiger partial charge in [-0.3, -0.25) is 4.90 Å². The normalized spacial score (nSPS) is 10.6. The Morgan fingerprint density at radius 3 is 2.57 bits per heavy atom. The van der Waals surface area contributed by atoms with Gasteiger partial charge in [0.05, 0.1) is 11.6 Å². The summed E-state index contributed by atoms with van der Waals surface area (Å²) in [7, 11) is 0. The van der Waals surface area contributed by atoms with Crippen LogP contribution >= 0.6 is 0 Å². The lowest BCUT2D eigenvalue weighted by atomic mass is 10.0. The second-order valence-electron chi connectivity index (χ2n) is 5.30. The van der Waals surface area contributed by atoms with Crippen molar-refractivity contribution in [1.29, 1.82) is 5.26 Å². The molecule has 0 fully saturated rings. The molecule has 0 heterocycles. The van der Waals surface area contributed by atoms with Gasteiger partial charge in [0, 0.05) is 18.8 Å². The van der Waals surface area contributed by atoms with Gasteiger partial charge in [0.25, 0.3) is 0 Å². The lowest BCUT2D eigenvalue weighted by Gasteiger charge is -2.22. The summed E-state index contributed by atoms with van der Waals surface area (Å²) in [6, 6.07) is 16.1. The maximum absolute atomic E-state index is 8.93. The van der Waals surface area contributed by atoms with Crippen LogP contribution in [0.4, 0.5) is 5.69 Å². The number of nitrogens with zero attached hydrogens (tertiary/aromatic N) is 2. The van der Waals surface area contributed by atoms with Crippen LogP contribution in [-0.4, -0.2) is 11.4 Å². The van der Waals surface area contributed by atoms with E-state index in [1.54, 1.807) is 0 Å². The van der Waals surface area contributed by atoms with Gasteiger partial charge in [-0.05, 0) is 54.4 Å². The quantitative estimate of drug-likeness (QED) is 0.853. The van der Waals surface area contributed by atoms with Gasteiger partial charge in [0.2, 0.25) is 0 Å². The number of benzene rings is 2. The van der Waals surface area contributed by atoms with E-state index in [0.29, 0.717) is 0 Å². The number of aryl methyl sites for hydroxylation is 1. The van der Waals surface area contributed by atoms with Gasteiger partial charge in [-0.15, -0.1) is 0 Å². The highest BCUT2D eigenvalue weighted by Crippen LogP contribution is 2.16. The summed E-state index contributed by atoms with van der Waals surface area (Å²) in [5.74, 6) is 0. The van der Waals surface area contributed by atoms with Crippen LogP contribution in [0.3, 0.4) is 0 Å². The van der Waals surface area contributed by atoms with E-state index in [1.807, 2.05) is 30.3 Å². The van der Waals surface area contributed by atoms with E-state index in [4.69, 9.17) is 11.0 Å². The van der Waals surface area contributed by atoms with Crippen LogP contribution in [0, 0.1) is 18.3 Å². The molecule has 0 saturated carbocycles. The van der Waals surface area contributed by atoms with Crippen molar-refractivity contribution in [2.24, 2.45) is 0 Å². The zero-order chi connectivity index (χ0) is 15.2. The molecule has 0 aromatic heterocycles. The van der Waals surface area contributed by atoms with Gasteiger partial charge in [-0.1, -0.05) is 25.1 Å². The number of anilines is 1. The molecule has 0 spiro atoms. The number of nitrogens with two attached hydrogens (primary N) is 1. The Hall–Kier alpha value is -2.31. The minimum Gasteiger partial charge on any atom is -0.399 e. The minimum atomic E-state index is 0.718. The van der Waals surface area contributed by atoms with Crippen LogP contribution in [0.5, 0.6) is 0 Å². The highest BCUT2D eigenvalue weighted by Gasteiger charge is 2.08. The van der Waals surface area contributed by atoms with Crippen molar-refractivity contribution in [3.05, 3.63) is 64.7 Å². The molecule has 0 unspecified atom stereocenters. The first kappa shape index (κ1) is 15.1. The molecule has 2 aromatic carbocycles. The largest absolute Gasteiger partial charge is 0.399 e. The molecule has 0 radical (unpaired) electrons. The number of nitrogen functional groups attached to an aromatic ring is 1. The topological polar surface area (TPSA) is 53.0 Å². The third-order valence-electron chi connectivity index (χ3n) is 3.67. The highest BCUT2D eigenvalue weighted by molar-refractivity contribution is 5.41. The summed E-state index contributed by atoms with van der Waals surface area (Å²) in [5.41, 5.74) is 11.0. The summed E-state index contributed by atoms with van der Waals surface area (Å²) in [6.07, 6.45) is 0. The van der Waals surface area contributed by atoms with E-state index in [-0.39, 0.29) is 0 Å². The van der Waals surface area contributed by atoms with Gasteiger partial charge in [-0.25, -0.2) is 0 Å². The van der Waals surface area contributed by atoms with Crippen LogP contribution in [-0.2, 0) is 13.1 Å². The fraction of sp³-hybridized carbons (Fsp3) is 0.278. The van der Waals surface area contributed by atoms with E-state index in [0.717, 1.165) is 30.9 Å². The van der Waals surface area contributed by atoms with Crippen molar-refractivity contribution < 1.29 is 0 Å². The standard InChI is InChI=1S/C18H21N3/c1-3-21(12-16-5-4-6-18(20)10-16)13-17-8-7-15(11-19)9-14(17)2/h4-10H,3,12-13,20H2,1-2H3. The number of hydrogen-bond acceptors (Lipinski definition) is 3. The third kappa shape index (κ3) is 4.08. The lowest BCUT2D eigenvalue weighted by molar-refractivity contribution is 0.271. The summed E-state index contributed by atoms with van der Waals surface area (Å²) >= 11 is 0. The zero-order valence-electron chi connectivity index (χ0n) is 12.6. The van der Waals surface area contributed by atoms with Crippen molar-refractivity contribution in [1.82, 2.24) is 4.90 Å². The molecule has 2 rings (SSSR count).